The van der Waals surface area contributed by atoms with Gasteiger partial charge in [0.1, 0.15) is 0 Å². The van der Waals surface area contributed by atoms with E-state index in [4.69, 9.17) is 5.11 Å². The molecule has 1 aromatic rings. The van der Waals surface area contributed by atoms with E-state index in [-0.39, 0.29) is 12.5 Å². The minimum Gasteiger partial charge on any atom is -0.395 e. The first kappa shape index (κ1) is 13.7. The summed E-state index contributed by atoms with van der Waals surface area (Å²) in [4.78, 5) is 13.4. The summed E-state index contributed by atoms with van der Waals surface area (Å²) in [5.74, 6) is -0.00289. The summed E-state index contributed by atoms with van der Waals surface area (Å²) < 4.78 is 0. The van der Waals surface area contributed by atoms with E-state index < -0.39 is 0 Å². The van der Waals surface area contributed by atoms with Crippen molar-refractivity contribution >= 4 is 5.91 Å². The van der Waals surface area contributed by atoms with E-state index in [1.54, 1.807) is 0 Å². The van der Waals surface area contributed by atoms with Crippen LogP contribution in [0.5, 0.6) is 0 Å². The predicted octanol–water partition coefficient (Wildman–Crippen LogP) is 0.617. The number of hydrogen-bond donors (Lipinski definition) is 2. The maximum Gasteiger partial charge on any atom is 0.234 e. The van der Waals surface area contributed by atoms with Crippen molar-refractivity contribution in [1.82, 2.24) is 10.2 Å². The van der Waals surface area contributed by atoms with Gasteiger partial charge in [0, 0.05) is 19.6 Å². The van der Waals surface area contributed by atoms with Crippen molar-refractivity contribution in [2.75, 3.05) is 26.2 Å². The molecule has 1 aromatic carbocycles. The maximum atomic E-state index is 11.5. The molecule has 0 heterocycles. The molecule has 0 bridgehead atoms. The van der Waals surface area contributed by atoms with E-state index in [1.807, 2.05) is 42.2 Å². The van der Waals surface area contributed by atoms with Crippen LogP contribution in [0, 0.1) is 0 Å². The van der Waals surface area contributed by atoms with Crippen LogP contribution < -0.4 is 5.32 Å². The van der Waals surface area contributed by atoms with Crippen molar-refractivity contribution in [3.05, 3.63) is 35.9 Å². The SMILES string of the molecule is CCNC(=O)CN(CCO)Cc1ccccc1. The van der Waals surface area contributed by atoms with Crippen molar-refractivity contribution in [3.63, 3.8) is 0 Å². The Kier molecular flexibility index (Phi) is 6.29. The Labute approximate surface area is 102 Å². The van der Waals surface area contributed by atoms with Crippen LogP contribution in [-0.2, 0) is 11.3 Å². The van der Waals surface area contributed by atoms with Crippen LogP contribution in [0.1, 0.15) is 12.5 Å². The topological polar surface area (TPSA) is 52.6 Å². The molecule has 0 unspecified atom stereocenters. The molecular weight excluding hydrogens is 216 g/mol. The van der Waals surface area contributed by atoms with Crippen LogP contribution in [0.15, 0.2) is 30.3 Å². The van der Waals surface area contributed by atoms with Gasteiger partial charge in [0.15, 0.2) is 0 Å². The summed E-state index contributed by atoms with van der Waals surface area (Å²) in [5, 5.41) is 11.7. The molecule has 0 saturated carbocycles. The van der Waals surface area contributed by atoms with Gasteiger partial charge in [-0.25, -0.2) is 0 Å². The molecule has 0 aliphatic heterocycles. The molecule has 17 heavy (non-hydrogen) atoms. The molecular formula is C13H20N2O2. The molecule has 0 atom stereocenters. The van der Waals surface area contributed by atoms with Gasteiger partial charge in [0.05, 0.1) is 13.2 Å². The smallest absolute Gasteiger partial charge is 0.234 e. The summed E-state index contributed by atoms with van der Waals surface area (Å²) in [7, 11) is 0. The number of carbonyl (C=O) groups excluding carboxylic acids is 1. The van der Waals surface area contributed by atoms with Crippen LogP contribution in [0.2, 0.25) is 0 Å². The van der Waals surface area contributed by atoms with Crippen LogP contribution in [0.3, 0.4) is 0 Å². The fraction of sp³-hybridized carbons (Fsp3) is 0.462. The first-order chi connectivity index (χ1) is 8.26. The van der Waals surface area contributed by atoms with Gasteiger partial charge < -0.3 is 10.4 Å². The molecule has 94 valence electrons. The molecule has 1 rings (SSSR count). The van der Waals surface area contributed by atoms with E-state index in [0.717, 1.165) is 5.56 Å². The summed E-state index contributed by atoms with van der Waals surface area (Å²) in [5.41, 5.74) is 1.14. The lowest BCUT2D eigenvalue weighted by molar-refractivity contribution is -0.122. The third-order valence-corrected chi connectivity index (χ3v) is 2.41. The van der Waals surface area contributed by atoms with Crippen molar-refractivity contribution in [2.24, 2.45) is 0 Å². The van der Waals surface area contributed by atoms with Crippen molar-refractivity contribution in [2.45, 2.75) is 13.5 Å². The van der Waals surface area contributed by atoms with E-state index in [2.05, 4.69) is 5.32 Å². The molecule has 0 fully saturated rings. The summed E-state index contributed by atoms with van der Waals surface area (Å²) in [6, 6.07) is 9.94. The first-order valence-corrected chi connectivity index (χ1v) is 5.90. The lowest BCUT2D eigenvalue weighted by Crippen LogP contribution is -2.38. The minimum atomic E-state index is -0.00289. The van der Waals surface area contributed by atoms with Gasteiger partial charge in [-0.2, -0.15) is 0 Å². The third-order valence-electron chi connectivity index (χ3n) is 2.41. The Morgan fingerprint density at radius 1 is 1.35 bits per heavy atom. The summed E-state index contributed by atoms with van der Waals surface area (Å²) >= 11 is 0. The average Bonchev–Trinajstić information content (AvgIpc) is 2.31. The number of nitrogens with zero attached hydrogens (tertiary/aromatic N) is 1. The van der Waals surface area contributed by atoms with Crippen molar-refractivity contribution in [1.29, 1.82) is 0 Å². The molecule has 4 heteroatoms. The van der Waals surface area contributed by atoms with Crippen LogP contribution in [0.25, 0.3) is 0 Å². The van der Waals surface area contributed by atoms with Gasteiger partial charge in [-0.15, -0.1) is 0 Å². The van der Waals surface area contributed by atoms with Gasteiger partial charge in [-0.05, 0) is 12.5 Å². The zero-order valence-corrected chi connectivity index (χ0v) is 10.2. The third kappa shape index (κ3) is 5.47. The Morgan fingerprint density at radius 2 is 2.06 bits per heavy atom. The number of amides is 1. The predicted molar refractivity (Wildman–Crippen MR) is 67.5 cm³/mol. The van der Waals surface area contributed by atoms with Crippen LogP contribution in [-0.4, -0.2) is 42.2 Å². The zero-order valence-electron chi connectivity index (χ0n) is 10.2. The van der Waals surface area contributed by atoms with E-state index >= 15 is 0 Å². The Bertz CT molecular complexity index is 327. The van der Waals surface area contributed by atoms with Gasteiger partial charge in [-0.3, -0.25) is 9.69 Å². The molecule has 0 aliphatic carbocycles. The standard InChI is InChI=1S/C13H20N2O2/c1-2-14-13(17)11-15(8-9-16)10-12-6-4-3-5-7-12/h3-7,16H,2,8-11H2,1H3,(H,14,17). The average molecular weight is 236 g/mol. The number of rotatable bonds is 7. The molecule has 1 amide bonds. The second kappa shape index (κ2) is 7.81. The van der Waals surface area contributed by atoms with E-state index in [0.29, 0.717) is 26.2 Å². The highest BCUT2D eigenvalue weighted by atomic mass is 16.3. The molecule has 0 spiro atoms. The second-order valence-corrected chi connectivity index (χ2v) is 3.87. The van der Waals surface area contributed by atoms with Crippen molar-refractivity contribution < 1.29 is 9.90 Å². The number of aliphatic hydroxyl groups excluding tert-OH is 1. The minimum absolute atomic E-state index is 0.00289. The summed E-state index contributed by atoms with van der Waals surface area (Å²) in [6.07, 6.45) is 0. The number of benzene rings is 1. The monoisotopic (exact) mass is 236 g/mol. The van der Waals surface area contributed by atoms with Gasteiger partial charge in [-0.1, -0.05) is 30.3 Å². The molecule has 0 aliphatic rings. The maximum absolute atomic E-state index is 11.5. The van der Waals surface area contributed by atoms with Gasteiger partial charge in [0.25, 0.3) is 0 Å². The molecule has 0 saturated heterocycles. The molecule has 2 N–H and O–H groups in total. The fourth-order valence-electron chi connectivity index (χ4n) is 1.65. The lowest BCUT2D eigenvalue weighted by atomic mass is 10.2. The Hall–Kier alpha value is -1.39. The second-order valence-electron chi connectivity index (χ2n) is 3.87. The Balaban J connectivity index is 2.51. The normalized spacial score (nSPS) is 10.5. The fourth-order valence-corrected chi connectivity index (χ4v) is 1.65. The number of aliphatic hydroxyl groups is 1. The molecule has 0 aromatic heterocycles. The number of nitrogens with one attached hydrogen (secondary N) is 1. The van der Waals surface area contributed by atoms with Gasteiger partial charge in [0.2, 0.25) is 5.91 Å². The quantitative estimate of drug-likeness (QED) is 0.729. The van der Waals surface area contributed by atoms with E-state index in [9.17, 15) is 4.79 Å². The highest BCUT2D eigenvalue weighted by Gasteiger charge is 2.09. The molecule has 0 radical (unpaired) electrons. The summed E-state index contributed by atoms with van der Waals surface area (Å²) in [6.45, 7) is 4.10. The van der Waals surface area contributed by atoms with Crippen LogP contribution >= 0.6 is 0 Å². The lowest BCUT2D eigenvalue weighted by Gasteiger charge is -2.20. The number of likely N-dealkylation sites (N-methyl/N-ethyl adjacent to an activating group) is 1. The zero-order chi connectivity index (χ0) is 12.5. The first-order valence-electron chi connectivity index (χ1n) is 5.90. The van der Waals surface area contributed by atoms with Gasteiger partial charge >= 0.3 is 0 Å². The largest absolute Gasteiger partial charge is 0.395 e. The number of hydrogen-bond acceptors (Lipinski definition) is 3. The number of carbonyl (C=O) groups is 1. The highest BCUT2D eigenvalue weighted by molar-refractivity contribution is 5.77. The van der Waals surface area contributed by atoms with Crippen molar-refractivity contribution in [3.8, 4) is 0 Å². The highest BCUT2D eigenvalue weighted by Crippen LogP contribution is 2.03. The van der Waals surface area contributed by atoms with E-state index in [1.165, 1.54) is 0 Å². The Morgan fingerprint density at radius 3 is 2.65 bits per heavy atom. The van der Waals surface area contributed by atoms with Crippen LogP contribution in [0.4, 0.5) is 0 Å². The molecule has 4 nitrogen and oxygen atoms in total.